The molecule has 4 amide bonds. The molecule has 0 radical (unpaired) electrons. The molecule has 2 aromatic carbocycles. The number of carbonyl (C=O) groups excluding carboxylic acids is 4. The third kappa shape index (κ3) is 10.1. The quantitative estimate of drug-likeness (QED) is 0.119. The van der Waals surface area contributed by atoms with Crippen LogP contribution in [0.3, 0.4) is 0 Å². The molecule has 2 saturated carbocycles. The first-order valence-corrected chi connectivity index (χ1v) is 20.9. The van der Waals surface area contributed by atoms with Gasteiger partial charge in [-0.1, -0.05) is 52.7 Å². The van der Waals surface area contributed by atoms with Crippen LogP contribution in [0.25, 0.3) is 44.6 Å². The van der Waals surface area contributed by atoms with Crippen LogP contribution in [0.15, 0.2) is 48.8 Å². The molecule has 2 saturated heterocycles. The van der Waals surface area contributed by atoms with Crippen molar-refractivity contribution in [3.8, 4) is 48.2 Å². The maximum Gasteiger partial charge on any atom is 0.407 e. The van der Waals surface area contributed by atoms with E-state index in [1.807, 2.05) is 46.2 Å². The first-order chi connectivity index (χ1) is 30.1. The molecule has 16 nitrogen and oxygen atoms in total. The van der Waals surface area contributed by atoms with Crippen molar-refractivity contribution in [3.05, 3.63) is 60.4 Å². The van der Waals surface area contributed by atoms with E-state index in [1.165, 1.54) is 27.1 Å². The highest BCUT2D eigenvalue weighted by Crippen LogP contribution is 2.54. The van der Waals surface area contributed by atoms with Crippen LogP contribution in [0.5, 0.6) is 0 Å². The van der Waals surface area contributed by atoms with Crippen molar-refractivity contribution >= 4 is 46.1 Å². The maximum atomic E-state index is 13.1. The normalized spacial score (nSPS) is 20.8. The molecule has 62 heavy (non-hydrogen) atoms. The SMILES string of the molecule is C#C.C#C.CCC.CCC.COC(=O)NCC(=O)N1[C@@H]2C[C@@H]2C[C@H]1c1ncc(-c2cnc3cc(-c4ccc5nc([C@@H]6C[C@H]7C[C@H]7N6C(=O)CNC(=O)OC)[nH]c5c4)ccc3n2)[nH]1. The van der Waals surface area contributed by atoms with Gasteiger partial charge in [-0.25, -0.2) is 24.5 Å². The number of aromatic nitrogens is 6. The van der Waals surface area contributed by atoms with Crippen molar-refractivity contribution in [2.75, 3.05) is 27.3 Å². The Balaban J connectivity index is 0.000000671. The number of H-pyrrole nitrogens is 2. The lowest BCUT2D eigenvalue weighted by atomic mass is 10.0. The van der Waals surface area contributed by atoms with Crippen LogP contribution < -0.4 is 10.6 Å². The Hall–Kier alpha value is -6.94. The average Bonchev–Trinajstić information content (AvgIpc) is 3.92. The first-order valence-electron chi connectivity index (χ1n) is 20.9. The molecular formula is C46H56N10O6. The summed E-state index contributed by atoms with van der Waals surface area (Å²) in [5, 5.41) is 4.99. The van der Waals surface area contributed by atoms with E-state index in [-0.39, 0.29) is 49.1 Å². The highest BCUT2D eigenvalue weighted by Gasteiger charge is 2.56. The van der Waals surface area contributed by atoms with Crippen LogP contribution in [-0.4, -0.2) is 103 Å². The number of ether oxygens (including phenoxy) is 2. The first kappa shape index (κ1) is 46.1. The van der Waals surface area contributed by atoms with Gasteiger partial charge in [0.2, 0.25) is 11.8 Å². The number of nitrogens with one attached hydrogen (secondary N) is 4. The molecule has 6 atom stereocenters. The Bertz CT molecular complexity index is 2400. The number of methoxy groups -OCH3 is 2. The second-order valence-corrected chi connectivity index (χ2v) is 15.3. The number of hydrogen-bond donors (Lipinski definition) is 4. The lowest BCUT2D eigenvalue weighted by Gasteiger charge is -2.26. The number of nitrogens with zero attached hydrogens (tertiary/aromatic N) is 6. The summed E-state index contributed by atoms with van der Waals surface area (Å²) in [7, 11) is 2.54. The monoisotopic (exact) mass is 844 g/mol. The summed E-state index contributed by atoms with van der Waals surface area (Å²) < 4.78 is 9.22. The summed E-state index contributed by atoms with van der Waals surface area (Å²) in [6, 6.07) is 11.9. The summed E-state index contributed by atoms with van der Waals surface area (Å²) >= 11 is 0. The van der Waals surface area contributed by atoms with Crippen molar-refractivity contribution in [2.24, 2.45) is 11.8 Å². The van der Waals surface area contributed by atoms with Gasteiger partial charge in [-0.15, -0.1) is 25.7 Å². The summed E-state index contributed by atoms with van der Waals surface area (Å²) in [5.74, 6) is 2.00. The molecule has 4 aliphatic rings. The zero-order valence-electron chi connectivity index (χ0n) is 36.2. The van der Waals surface area contributed by atoms with Crippen molar-refractivity contribution < 1.29 is 28.7 Å². The summed E-state index contributed by atoms with van der Waals surface area (Å²) in [5.41, 5.74) is 6.42. The van der Waals surface area contributed by atoms with Gasteiger partial charge in [0.05, 0.1) is 66.5 Å². The molecule has 16 heteroatoms. The van der Waals surface area contributed by atoms with Gasteiger partial charge in [-0.05, 0) is 72.9 Å². The molecule has 3 aromatic heterocycles. The Labute approximate surface area is 362 Å². The van der Waals surface area contributed by atoms with Gasteiger partial charge in [0, 0.05) is 12.1 Å². The minimum atomic E-state index is -0.640. The van der Waals surface area contributed by atoms with Gasteiger partial charge in [0.25, 0.3) is 0 Å². The zero-order chi connectivity index (χ0) is 45.1. The number of hydrogen-bond acceptors (Lipinski definition) is 10. The zero-order valence-corrected chi connectivity index (χ0v) is 36.2. The maximum absolute atomic E-state index is 13.1. The predicted octanol–water partition coefficient (Wildman–Crippen LogP) is 6.93. The van der Waals surface area contributed by atoms with Crippen LogP contribution in [-0.2, 0) is 19.1 Å². The third-order valence-electron chi connectivity index (χ3n) is 10.8. The smallest absolute Gasteiger partial charge is 0.407 e. The predicted molar refractivity (Wildman–Crippen MR) is 237 cm³/mol. The number of imidazole rings is 2. The fourth-order valence-electron chi connectivity index (χ4n) is 8.06. The van der Waals surface area contributed by atoms with Crippen LogP contribution in [0.4, 0.5) is 9.59 Å². The molecule has 4 fully saturated rings. The van der Waals surface area contributed by atoms with Gasteiger partial charge < -0.3 is 39.9 Å². The lowest BCUT2D eigenvalue weighted by Crippen LogP contribution is -2.41. The minimum absolute atomic E-state index is 0.118. The molecule has 326 valence electrons. The standard InChI is InChI=1S/C36H36N10O6.2C3H8.2C2H2/c1-51-35(49)39-15-31(47)45-27-9-19(27)11-29(45)33-38-14-26(44-33)25-13-37-23-7-17(3-5-21(23)41-25)18-4-6-22-24(8-18)43-34(42-22)30-12-20-10-28(20)46(30)32(48)16-40-36(50)52-2;2*1-3-2;2*1-2/h3-8,13-14,19-20,27-30H,9-12,15-16H2,1-2H3,(H,38,44)(H,39,49)(H,40,50)(H,42,43);2*3H2,1-2H3;2*1-2H/t19-,20-,27-,28-,29+,30+;;;;/m1..../s1. The second kappa shape index (κ2) is 21.0. The Morgan fingerprint density at radius 3 is 1.73 bits per heavy atom. The van der Waals surface area contributed by atoms with Crippen molar-refractivity contribution in [2.45, 2.75) is 90.4 Å². The van der Waals surface area contributed by atoms with Gasteiger partial charge >= 0.3 is 12.2 Å². The van der Waals surface area contributed by atoms with Crippen LogP contribution in [0.2, 0.25) is 0 Å². The van der Waals surface area contributed by atoms with Crippen LogP contribution >= 0.6 is 0 Å². The molecule has 5 aromatic rings. The van der Waals surface area contributed by atoms with E-state index in [0.29, 0.717) is 29.0 Å². The molecule has 0 unspecified atom stereocenters. The number of amides is 4. The fraction of sp³-hybridized carbons (Fsp3) is 0.435. The largest absolute Gasteiger partial charge is 0.453 e. The number of aromatic amines is 2. The van der Waals surface area contributed by atoms with E-state index in [9.17, 15) is 19.2 Å². The van der Waals surface area contributed by atoms with Gasteiger partial charge in [0.1, 0.15) is 30.4 Å². The molecule has 4 N–H and O–H groups in total. The fourth-order valence-corrected chi connectivity index (χ4v) is 8.06. The third-order valence-corrected chi connectivity index (χ3v) is 10.8. The number of fused-ring (bicyclic) bond motifs is 4. The number of piperidine rings is 2. The molecule has 9 rings (SSSR count). The van der Waals surface area contributed by atoms with Gasteiger partial charge in [0.15, 0.2) is 0 Å². The molecule has 5 heterocycles. The molecule has 0 bridgehead atoms. The van der Waals surface area contributed by atoms with Crippen molar-refractivity contribution in [3.63, 3.8) is 0 Å². The van der Waals surface area contributed by atoms with Crippen molar-refractivity contribution in [1.29, 1.82) is 0 Å². The molecule has 2 aliphatic heterocycles. The van der Waals surface area contributed by atoms with Crippen LogP contribution in [0.1, 0.15) is 90.0 Å². The molecule has 0 spiro atoms. The number of benzene rings is 2. The number of carbonyl (C=O) groups is 4. The lowest BCUT2D eigenvalue weighted by molar-refractivity contribution is -0.133. The molecule has 2 aliphatic carbocycles. The van der Waals surface area contributed by atoms with Crippen molar-refractivity contribution in [1.82, 2.24) is 50.3 Å². The van der Waals surface area contributed by atoms with Gasteiger partial charge in [-0.3, -0.25) is 14.6 Å². The topological polar surface area (TPSA) is 200 Å². The second-order valence-electron chi connectivity index (χ2n) is 15.3. The number of rotatable bonds is 8. The Kier molecular flexibility index (Phi) is 15.7. The van der Waals surface area contributed by atoms with E-state index in [2.05, 4.69) is 88.4 Å². The summed E-state index contributed by atoms with van der Waals surface area (Å²) in [6.45, 7) is 8.25. The highest BCUT2D eigenvalue weighted by atomic mass is 16.5. The van der Waals surface area contributed by atoms with Crippen LogP contribution in [0, 0.1) is 37.5 Å². The van der Waals surface area contributed by atoms with E-state index in [4.69, 9.17) is 15.0 Å². The van der Waals surface area contributed by atoms with E-state index in [1.54, 1.807) is 12.4 Å². The number of alkyl carbamates (subject to hydrolysis) is 2. The van der Waals surface area contributed by atoms with E-state index in [0.717, 1.165) is 64.7 Å². The Morgan fingerprint density at radius 2 is 1.18 bits per heavy atom. The molecular weight excluding hydrogens is 789 g/mol. The van der Waals surface area contributed by atoms with E-state index >= 15 is 0 Å². The minimum Gasteiger partial charge on any atom is -0.453 e. The number of likely N-dealkylation sites (tertiary alicyclic amines) is 2. The number of terminal acetylenes is 2. The van der Waals surface area contributed by atoms with Gasteiger partial charge in [-0.2, -0.15) is 0 Å². The summed E-state index contributed by atoms with van der Waals surface area (Å²) in [6.07, 6.45) is 24.2. The average molecular weight is 845 g/mol. The highest BCUT2D eigenvalue weighted by molar-refractivity contribution is 5.87. The Morgan fingerprint density at radius 1 is 0.661 bits per heavy atom. The summed E-state index contributed by atoms with van der Waals surface area (Å²) in [4.78, 5) is 78.7. The van der Waals surface area contributed by atoms with E-state index < -0.39 is 12.2 Å².